The minimum atomic E-state index is -0.386. The lowest BCUT2D eigenvalue weighted by atomic mass is 10.2. The topological polar surface area (TPSA) is 52.0 Å². The van der Waals surface area contributed by atoms with Crippen molar-refractivity contribution in [2.45, 2.75) is 0 Å². The van der Waals surface area contributed by atoms with Gasteiger partial charge in [-0.1, -0.05) is 23.7 Å². The number of nitrogens with two attached hydrogens (primary N) is 1. The average molecular weight is 263 g/mol. The molecular formula is C13H8ClFN2O. The number of nitrogen functional groups attached to an aromatic ring is 1. The van der Waals surface area contributed by atoms with Crippen LogP contribution in [0, 0.1) is 5.82 Å². The molecule has 0 aliphatic carbocycles. The maximum atomic E-state index is 13.6. The highest BCUT2D eigenvalue weighted by atomic mass is 35.5. The second kappa shape index (κ2) is 3.99. The third-order valence-electron chi connectivity index (χ3n) is 2.61. The van der Waals surface area contributed by atoms with Gasteiger partial charge < -0.3 is 10.2 Å². The highest BCUT2D eigenvalue weighted by molar-refractivity contribution is 6.33. The predicted octanol–water partition coefficient (Wildman–Crippen LogP) is 3.87. The Bertz CT molecular complexity index is 700. The third kappa shape index (κ3) is 1.71. The van der Waals surface area contributed by atoms with Gasteiger partial charge >= 0.3 is 0 Å². The Morgan fingerprint density at radius 3 is 2.78 bits per heavy atom. The zero-order chi connectivity index (χ0) is 12.7. The van der Waals surface area contributed by atoms with E-state index in [4.69, 9.17) is 21.8 Å². The van der Waals surface area contributed by atoms with Gasteiger partial charge in [-0.2, -0.15) is 0 Å². The van der Waals surface area contributed by atoms with E-state index in [9.17, 15) is 4.39 Å². The number of oxazole rings is 1. The maximum Gasteiger partial charge on any atom is 0.230 e. The van der Waals surface area contributed by atoms with E-state index in [1.165, 1.54) is 6.07 Å². The molecule has 3 aromatic rings. The Kier molecular flexibility index (Phi) is 2.45. The molecule has 18 heavy (non-hydrogen) atoms. The first-order valence-corrected chi connectivity index (χ1v) is 5.63. The van der Waals surface area contributed by atoms with Crippen molar-refractivity contribution in [3.05, 3.63) is 47.2 Å². The van der Waals surface area contributed by atoms with Crippen LogP contribution in [0.1, 0.15) is 0 Å². The van der Waals surface area contributed by atoms with Crippen molar-refractivity contribution in [2.75, 3.05) is 5.73 Å². The molecule has 0 aliphatic heterocycles. The van der Waals surface area contributed by atoms with Crippen LogP contribution in [-0.4, -0.2) is 4.98 Å². The molecule has 0 saturated heterocycles. The first-order chi connectivity index (χ1) is 8.65. The maximum absolute atomic E-state index is 13.6. The molecule has 0 bridgehead atoms. The van der Waals surface area contributed by atoms with E-state index in [0.717, 1.165) is 0 Å². The van der Waals surface area contributed by atoms with Crippen molar-refractivity contribution >= 4 is 28.4 Å². The SMILES string of the molecule is Nc1cc2oc(-c3ccccc3F)nc2cc1Cl. The van der Waals surface area contributed by atoms with E-state index in [1.54, 1.807) is 30.3 Å². The molecule has 1 aromatic heterocycles. The molecule has 2 N–H and O–H groups in total. The fourth-order valence-electron chi connectivity index (χ4n) is 1.71. The minimum Gasteiger partial charge on any atom is -0.436 e. The smallest absolute Gasteiger partial charge is 0.230 e. The van der Waals surface area contributed by atoms with Gasteiger partial charge in [0.05, 0.1) is 16.3 Å². The minimum absolute atomic E-state index is 0.213. The van der Waals surface area contributed by atoms with E-state index < -0.39 is 0 Å². The number of rotatable bonds is 1. The summed E-state index contributed by atoms with van der Waals surface area (Å²) in [6, 6.07) is 9.45. The molecule has 0 fully saturated rings. The molecule has 0 atom stereocenters. The van der Waals surface area contributed by atoms with E-state index in [-0.39, 0.29) is 11.7 Å². The lowest BCUT2D eigenvalue weighted by molar-refractivity contribution is 0.594. The number of halogens is 2. The van der Waals surface area contributed by atoms with Crippen molar-refractivity contribution in [1.82, 2.24) is 4.98 Å². The third-order valence-corrected chi connectivity index (χ3v) is 2.94. The first-order valence-electron chi connectivity index (χ1n) is 5.25. The fraction of sp³-hybridized carbons (Fsp3) is 0. The summed E-state index contributed by atoms with van der Waals surface area (Å²) in [5.41, 5.74) is 7.41. The fourth-order valence-corrected chi connectivity index (χ4v) is 1.87. The highest BCUT2D eigenvalue weighted by Crippen LogP contribution is 2.30. The zero-order valence-corrected chi connectivity index (χ0v) is 9.91. The second-order valence-electron chi connectivity index (χ2n) is 3.84. The van der Waals surface area contributed by atoms with Crippen molar-refractivity contribution in [1.29, 1.82) is 0 Å². The van der Waals surface area contributed by atoms with Gasteiger partial charge in [-0.15, -0.1) is 0 Å². The molecule has 3 rings (SSSR count). The zero-order valence-electron chi connectivity index (χ0n) is 9.15. The number of fused-ring (bicyclic) bond motifs is 1. The largest absolute Gasteiger partial charge is 0.436 e. The summed E-state index contributed by atoms with van der Waals surface area (Å²) in [5.74, 6) is -0.173. The van der Waals surface area contributed by atoms with Gasteiger partial charge in [0, 0.05) is 6.07 Å². The van der Waals surface area contributed by atoms with E-state index in [1.807, 2.05) is 0 Å². The Morgan fingerprint density at radius 2 is 2.00 bits per heavy atom. The lowest BCUT2D eigenvalue weighted by Gasteiger charge is -1.95. The molecule has 0 saturated carbocycles. The molecular weight excluding hydrogens is 255 g/mol. The summed E-state index contributed by atoms with van der Waals surface area (Å²) in [7, 11) is 0. The standard InChI is InChI=1S/C13H8ClFN2O/c14-8-5-11-12(6-10(8)16)18-13(17-11)7-3-1-2-4-9(7)15/h1-6H,16H2. The molecule has 2 aromatic carbocycles. The van der Waals surface area contributed by atoms with Crippen LogP contribution in [0.15, 0.2) is 40.8 Å². The number of nitrogens with zero attached hydrogens (tertiary/aromatic N) is 1. The Hall–Kier alpha value is -2.07. The number of hydrogen-bond donors (Lipinski definition) is 1. The summed E-state index contributed by atoms with van der Waals surface area (Å²) in [6.45, 7) is 0. The van der Waals surface area contributed by atoms with Gasteiger partial charge in [-0.25, -0.2) is 9.37 Å². The summed E-state index contributed by atoms with van der Waals surface area (Å²) >= 11 is 5.89. The van der Waals surface area contributed by atoms with Gasteiger partial charge in [0.25, 0.3) is 0 Å². The van der Waals surface area contributed by atoms with E-state index in [2.05, 4.69) is 4.98 Å². The lowest BCUT2D eigenvalue weighted by Crippen LogP contribution is -1.84. The quantitative estimate of drug-likeness (QED) is 0.677. The van der Waals surface area contributed by atoms with Gasteiger partial charge in [-0.3, -0.25) is 0 Å². The molecule has 0 radical (unpaired) electrons. The van der Waals surface area contributed by atoms with Crippen molar-refractivity contribution in [3.8, 4) is 11.5 Å². The summed E-state index contributed by atoms with van der Waals surface area (Å²) in [4.78, 5) is 4.20. The van der Waals surface area contributed by atoms with Crippen LogP contribution in [0.4, 0.5) is 10.1 Å². The predicted molar refractivity (Wildman–Crippen MR) is 68.8 cm³/mol. The van der Waals surface area contributed by atoms with E-state index in [0.29, 0.717) is 27.4 Å². The Balaban J connectivity index is 2.23. The number of hydrogen-bond acceptors (Lipinski definition) is 3. The van der Waals surface area contributed by atoms with Crippen LogP contribution < -0.4 is 5.73 Å². The van der Waals surface area contributed by atoms with Gasteiger partial charge in [0.1, 0.15) is 11.3 Å². The number of aromatic nitrogens is 1. The van der Waals surface area contributed by atoms with Crippen LogP contribution in [0.2, 0.25) is 5.02 Å². The van der Waals surface area contributed by atoms with E-state index >= 15 is 0 Å². The molecule has 0 amide bonds. The van der Waals surface area contributed by atoms with Crippen LogP contribution in [0.5, 0.6) is 0 Å². The van der Waals surface area contributed by atoms with Gasteiger partial charge in [-0.05, 0) is 18.2 Å². The van der Waals surface area contributed by atoms with Crippen molar-refractivity contribution < 1.29 is 8.81 Å². The molecule has 5 heteroatoms. The molecule has 90 valence electrons. The van der Waals surface area contributed by atoms with Gasteiger partial charge in [0.15, 0.2) is 5.58 Å². The van der Waals surface area contributed by atoms with Crippen LogP contribution >= 0.6 is 11.6 Å². The van der Waals surface area contributed by atoms with Crippen LogP contribution in [0.25, 0.3) is 22.6 Å². The molecule has 0 aliphatic rings. The van der Waals surface area contributed by atoms with Crippen molar-refractivity contribution in [2.24, 2.45) is 0 Å². The number of benzene rings is 2. The molecule has 3 nitrogen and oxygen atoms in total. The Labute approximate surface area is 107 Å². The highest BCUT2D eigenvalue weighted by Gasteiger charge is 2.13. The van der Waals surface area contributed by atoms with Crippen LogP contribution in [0.3, 0.4) is 0 Å². The van der Waals surface area contributed by atoms with Crippen LogP contribution in [-0.2, 0) is 0 Å². The number of anilines is 1. The molecule has 0 unspecified atom stereocenters. The summed E-state index contributed by atoms with van der Waals surface area (Å²) in [6.07, 6.45) is 0. The monoisotopic (exact) mass is 262 g/mol. The molecule has 0 spiro atoms. The van der Waals surface area contributed by atoms with Gasteiger partial charge in [0.2, 0.25) is 5.89 Å². The molecule has 1 heterocycles. The average Bonchev–Trinajstić information content (AvgIpc) is 2.73. The second-order valence-corrected chi connectivity index (χ2v) is 4.25. The Morgan fingerprint density at radius 1 is 1.22 bits per heavy atom. The summed E-state index contributed by atoms with van der Waals surface area (Å²) in [5, 5.41) is 0.399. The summed E-state index contributed by atoms with van der Waals surface area (Å²) < 4.78 is 19.1. The first kappa shape index (κ1) is 11.0. The normalized spacial score (nSPS) is 11.0. The van der Waals surface area contributed by atoms with Crippen molar-refractivity contribution in [3.63, 3.8) is 0 Å².